The Morgan fingerprint density at radius 2 is 2.17 bits per heavy atom. The van der Waals surface area contributed by atoms with Crippen LogP contribution in [0.1, 0.15) is 39.5 Å². The van der Waals surface area contributed by atoms with Gasteiger partial charge in [-0.1, -0.05) is 13.3 Å². The average molecular weight is 188 g/mol. The largest absolute Gasteiger partial charge is 0.378 e. The summed E-state index contributed by atoms with van der Waals surface area (Å²) in [5.74, 6) is 0.992. The molecule has 0 aliphatic heterocycles. The Kier molecular flexibility index (Phi) is 3.91. The van der Waals surface area contributed by atoms with Crippen molar-refractivity contribution in [1.82, 2.24) is 0 Å². The van der Waals surface area contributed by atoms with Crippen LogP contribution in [0.2, 0.25) is 0 Å². The molecule has 0 spiro atoms. The fourth-order valence-corrected chi connectivity index (χ4v) is 1.74. The van der Waals surface area contributed by atoms with E-state index in [0.29, 0.717) is 11.5 Å². The molecule has 0 saturated heterocycles. The van der Waals surface area contributed by atoms with Crippen LogP contribution in [0.15, 0.2) is 0 Å². The first-order valence-electron chi connectivity index (χ1n) is 4.95. The Bertz CT molecular complexity index is 132. The van der Waals surface area contributed by atoms with E-state index < -0.39 is 0 Å². The van der Waals surface area contributed by atoms with Gasteiger partial charge in [-0.25, -0.2) is 0 Å². The van der Waals surface area contributed by atoms with Crippen molar-refractivity contribution in [2.45, 2.75) is 45.6 Å². The molecule has 1 fully saturated rings. The van der Waals surface area contributed by atoms with Gasteiger partial charge in [-0.15, -0.1) is 0 Å². The summed E-state index contributed by atoms with van der Waals surface area (Å²) in [6, 6.07) is 0. The highest BCUT2D eigenvalue weighted by Crippen LogP contribution is 2.46. The van der Waals surface area contributed by atoms with Crippen LogP contribution < -0.4 is 0 Å². The molecule has 12 heavy (non-hydrogen) atoms. The molecule has 72 valence electrons. The lowest BCUT2D eigenvalue weighted by Gasteiger charge is -2.17. The van der Waals surface area contributed by atoms with Crippen molar-refractivity contribution in [3.63, 3.8) is 0 Å². The van der Waals surface area contributed by atoms with Crippen LogP contribution in [0, 0.1) is 5.41 Å². The summed E-state index contributed by atoms with van der Waals surface area (Å²) in [6.45, 7) is 5.29. The molecule has 1 aliphatic rings. The minimum Gasteiger partial charge on any atom is -0.378 e. The minimum absolute atomic E-state index is 0.437. The number of hydrogen-bond acceptors (Lipinski definition) is 2. The fourth-order valence-electron chi connectivity index (χ4n) is 1.33. The highest BCUT2D eigenvalue weighted by atomic mass is 32.1. The third-order valence-electron chi connectivity index (χ3n) is 2.66. The van der Waals surface area contributed by atoms with Gasteiger partial charge >= 0.3 is 0 Å². The first-order chi connectivity index (χ1) is 5.72. The van der Waals surface area contributed by atoms with Crippen molar-refractivity contribution in [1.29, 1.82) is 0 Å². The summed E-state index contributed by atoms with van der Waals surface area (Å²) < 4.78 is 5.75. The summed E-state index contributed by atoms with van der Waals surface area (Å²) in [5, 5.41) is 0. The van der Waals surface area contributed by atoms with E-state index >= 15 is 0 Å². The third-order valence-corrected chi connectivity index (χ3v) is 3.33. The van der Waals surface area contributed by atoms with Gasteiger partial charge in [-0.05, 0) is 31.9 Å². The summed E-state index contributed by atoms with van der Waals surface area (Å²) in [6.07, 6.45) is 5.47. The van der Waals surface area contributed by atoms with E-state index in [1.807, 2.05) is 0 Å². The highest BCUT2D eigenvalue weighted by Gasteiger charge is 2.41. The standard InChI is InChI=1S/C10H20OS/c1-3-4-9(2)11-7-10(8-12)5-6-10/h9,12H,3-8H2,1-2H3. The van der Waals surface area contributed by atoms with Gasteiger partial charge in [-0.3, -0.25) is 0 Å². The molecule has 0 aromatic rings. The van der Waals surface area contributed by atoms with Crippen LogP contribution >= 0.6 is 12.6 Å². The zero-order chi connectivity index (χ0) is 9.03. The second kappa shape index (κ2) is 4.52. The second-order valence-corrected chi connectivity index (χ2v) is 4.38. The molecular weight excluding hydrogens is 168 g/mol. The van der Waals surface area contributed by atoms with Gasteiger partial charge in [0.05, 0.1) is 12.7 Å². The molecule has 0 N–H and O–H groups in total. The van der Waals surface area contributed by atoms with Gasteiger partial charge in [-0.2, -0.15) is 12.6 Å². The quantitative estimate of drug-likeness (QED) is 0.631. The van der Waals surface area contributed by atoms with Gasteiger partial charge in [0, 0.05) is 5.41 Å². The predicted molar refractivity (Wildman–Crippen MR) is 55.8 cm³/mol. The molecule has 1 unspecified atom stereocenters. The monoisotopic (exact) mass is 188 g/mol. The van der Waals surface area contributed by atoms with E-state index in [1.165, 1.54) is 25.7 Å². The van der Waals surface area contributed by atoms with Crippen molar-refractivity contribution in [3.05, 3.63) is 0 Å². The first-order valence-corrected chi connectivity index (χ1v) is 5.58. The topological polar surface area (TPSA) is 9.23 Å². The van der Waals surface area contributed by atoms with Crippen LogP contribution in [0.25, 0.3) is 0 Å². The Morgan fingerprint density at radius 1 is 1.50 bits per heavy atom. The molecule has 0 aromatic carbocycles. The molecule has 0 bridgehead atoms. The fraction of sp³-hybridized carbons (Fsp3) is 1.00. The lowest BCUT2D eigenvalue weighted by molar-refractivity contribution is 0.0334. The molecule has 0 aromatic heterocycles. The maximum Gasteiger partial charge on any atom is 0.0547 e. The molecule has 1 saturated carbocycles. The van der Waals surface area contributed by atoms with E-state index in [-0.39, 0.29) is 0 Å². The van der Waals surface area contributed by atoms with Crippen LogP contribution in [-0.2, 0) is 4.74 Å². The zero-order valence-corrected chi connectivity index (χ0v) is 9.07. The molecule has 1 atom stereocenters. The maximum absolute atomic E-state index is 5.75. The Morgan fingerprint density at radius 3 is 2.58 bits per heavy atom. The molecule has 0 amide bonds. The molecule has 1 rings (SSSR count). The van der Waals surface area contributed by atoms with Crippen molar-refractivity contribution in [2.75, 3.05) is 12.4 Å². The van der Waals surface area contributed by atoms with Crippen molar-refractivity contribution in [3.8, 4) is 0 Å². The molecule has 1 nitrogen and oxygen atoms in total. The van der Waals surface area contributed by atoms with Crippen molar-refractivity contribution >= 4 is 12.6 Å². The predicted octanol–water partition coefficient (Wildman–Crippen LogP) is 2.90. The smallest absolute Gasteiger partial charge is 0.0547 e. The van der Waals surface area contributed by atoms with Crippen LogP contribution in [0.4, 0.5) is 0 Å². The van der Waals surface area contributed by atoms with Crippen LogP contribution in [0.3, 0.4) is 0 Å². The Hall–Kier alpha value is 0.310. The molecule has 2 heteroatoms. The van der Waals surface area contributed by atoms with E-state index in [2.05, 4.69) is 26.5 Å². The van der Waals surface area contributed by atoms with E-state index in [4.69, 9.17) is 4.74 Å². The Labute approximate surface area is 81.3 Å². The summed E-state index contributed by atoms with van der Waals surface area (Å²) in [7, 11) is 0. The van der Waals surface area contributed by atoms with E-state index in [9.17, 15) is 0 Å². The molecule has 0 heterocycles. The number of rotatable bonds is 6. The Balaban J connectivity index is 2.08. The summed E-state index contributed by atoms with van der Waals surface area (Å²) in [5.41, 5.74) is 0.463. The minimum atomic E-state index is 0.437. The van der Waals surface area contributed by atoms with Gasteiger partial charge < -0.3 is 4.74 Å². The highest BCUT2D eigenvalue weighted by molar-refractivity contribution is 7.80. The van der Waals surface area contributed by atoms with E-state index in [1.54, 1.807) is 0 Å². The van der Waals surface area contributed by atoms with Gasteiger partial charge in [0.15, 0.2) is 0 Å². The maximum atomic E-state index is 5.75. The van der Waals surface area contributed by atoms with Gasteiger partial charge in [0.25, 0.3) is 0 Å². The van der Waals surface area contributed by atoms with Gasteiger partial charge in [0.1, 0.15) is 0 Å². The number of ether oxygens (including phenoxy) is 1. The lowest BCUT2D eigenvalue weighted by atomic mass is 10.1. The molecular formula is C10H20OS. The normalized spacial score (nSPS) is 22.2. The van der Waals surface area contributed by atoms with Crippen LogP contribution in [0.5, 0.6) is 0 Å². The lowest BCUT2D eigenvalue weighted by Crippen LogP contribution is -2.17. The number of hydrogen-bond donors (Lipinski definition) is 1. The summed E-state index contributed by atoms with van der Waals surface area (Å²) in [4.78, 5) is 0. The average Bonchev–Trinajstić information content (AvgIpc) is 2.82. The molecule has 1 aliphatic carbocycles. The SMILES string of the molecule is CCCC(C)OCC1(CS)CC1. The van der Waals surface area contributed by atoms with Crippen LogP contribution in [-0.4, -0.2) is 18.5 Å². The first kappa shape index (κ1) is 10.4. The van der Waals surface area contributed by atoms with Crippen molar-refractivity contribution in [2.24, 2.45) is 5.41 Å². The van der Waals surface area contributed by atoms with E-state index in [0.717, 1.165) is 12.4 Å². The zero-order valence-electron chi connectivity index (χ0n) is 8.18. The van der Waals surface area contributed by atoms with Crippen molar-refractivity contribution < 1.29 is 4.74 Å². The third kappa shape index (κ3) is 2.98. The van der Waals surface area contributed by atoms with Gasteiger partial charge in [0.2, 0.25) is 0 Å². The molecule has 0 radical (unpaired) electrons. The second-order valence-electron chi connectivity index (χ2n) is 4.07. The number of thiol groups is 1. The summed E-state index contributed by atoms with van der Waals surface area (Å²) >= 11 is 4.34.